The van der Waals surface area contributed by atoms with E-state index >= 15 is 0 Å². The largest absolute Gasteiger partial charge is 0.488 e. The first-order valence-electron chi connectivity index (χ1n) is 7.98. The summed E-state index contributed by atoms with van der Waals surface area (Å²) in [5, 5.41) is 0. The van der Waals surface area contributed by atoms with E-state index in [1.54, 1.807) is 0 Å². The van der Waals surface area contributed by atoms with Crippen LogP contribution >= 0.6 is 0 Å². The Labute approximate surface area is 132 Å². The van der Waals surface area contributed by atoms with Gasteiger partial charge in [-0.05, 0) is 25.2 Å². The van der Waals surface area contributed by atoms with Crippen molar-refractivity contribution in [1.82, 2.24) is 4.98 Å². The van der Waals surface area contributed by atoms with Crippen molar-refractivity contribution in [2.24, 2.45) is 11.8 Å². The van der Waals surface area contributed by atoms with Crippen LogP contribution in [-0.4, -0.2) is 17.6 Å². The Hall–Kier alpha value is -1.78. The Morgan fingerprint density at radius 1 is 1.27 bits per heavy atom. The molecule has 124 valence electrons. The molecule has 1 heterocycles. The lowest BCUT2D eigenvalue weighted by atomic mass is 10.0. The Balaban J connectivity index is 2.55. The van der Waals surface area contributed by atoms with Crippen molar-refractivity contribution in [3.63, 3.8) is 0 Å². The molecule has 0 aliphatic heterocycles. The number of aromatic amines is 1. The van der Waals surface area contributed by atoms with Gasteiger partial charge in [0.05, 0.1) is 18.2 Å². The van der Waals surface area contributed by atoms with Crippen LogP contribution < -0.4 is 10.2 Å². The first-order chi connectivity index (χ1) is 10.5. The van der Waals surface area contributed by atoms with Crippen molar-refractivity contribution < 1.29 is 14.3 Å². The van der Waals surface area contributed by atoms with Gasteiger partial charge in [0, 0.05) is 12.3 Å². The second kappa shape index (κ2) is 9.28. The predicted octanol–water partition coefficient (Wildman–Crippen LogP) is 3.28. The lowest BCUT2D eigenvalue weighted by molar-refractivity contribution is -0.150. The summed E-state index contributed by atoms with van der Waals surface area (Å²) >= 11 is 0. The molecule has 0 unspecified atom stereocenters. The second-order valence-corrected chi connectivity index (χ2v) is 5.84. The zero-order chi connectivity index (χ0) is 16.5. The summed E-state index contributed by atoms with van der Waals surface area (Å²) in [6.07, 6.45) is 3.94. The van der Waals surface area contributed by atoms with Crippen molar-refractivity contribution in [3.8, 4) is 5.75 Å². The van der Waals surface area contributed by atoms with Crippen molar-refractivity contribution in [3.05, 3.63) is 28.2 Å². The van der Waals surface area contributed by atoms with Crippen LogP contribution in [0.15, 0.2) is 17.1 Å². The molecule has 0 spiro atoms. The van der Waals surface area contributed by atoms with E-state index < -0.39 is 0 Å². The third kappa shape index (κ3) is 5.92. The van der Waals surface area contributed by atoms with Crippen LogP contribution in [0.3, 0.4) is 0 Å². The molecule has 0 aliphatic carbocycles. The average Bonchev–Trinajstić information content (AvgIpc) is 2.48. The monoisotopic (exact) mass is 309 g/mol. The molecule has 5 nitrogen and oxygen atoms in total. The molecule has 1 aromatic rings. The molecule has 0 radical (unpaired) electrons. The zero-order valence-electron chi connectivity index (χ0n) is 14.0. The molecular formula is C17H27NO4. The Bertz CT molecular complexity index is 518. The lowest BCUT2D eigenvalue weighted by Crippen LogP contribution is -2.17. The summed E-state index contributed by atoms with van der Waals surface area (Å²) in [6, 6.07) is 1.42. The molecule has 0 amide bonds. The van der Waals surface area contributed by atoms with Gasteiger partial charge < -0.3 is 14.5 Å². The minimum Gasteiger partial charge on any atom is -0.488 e. The van der Waals surface area contributed by atoms with E-state index in [0.29, 0.717) is 24.0 Å². The van der Waals surface area contributed by atoms with Crippen LogP contribution in [-0.2, 0) is 16.1 Å². The van der Waals surface area contributed by atoms with E-state index in [1.165, 1.54) is 12.3 Å². The molecule has 0 fully saturated rings. The quantitative estimate of drug-likeness (QED) is 0.711. The normalized spacial score (nSPS) is 11.0. The SMILES string of the molecule is CCC(CC)C(=O)OCc1cc(=O)c(OCCC(C)C)c[nH]1. The minimum atomic E-state index is -0.219. The Morgan fingerprint density at radius 3 is 2.50 bits per heavy atom. The number of aromatic nitrogens is 1. The fraction of sp³-hybridized carbons (Fsp3) is 0.647. The maximum Gasteiger partial charge on any atom is 0.309 e. The first-order valence-corrected chi connectivity index (χ1v) is 7.98. The summed E-state index contributed by atoms with van der Waals surface area (Å²) < 4.78 is 10.7. The first kappa shape index (κ1) is 18.3. The number of esters is 1. The number of carbonyl (C=O) groups excluding carboxylic acids is 1. The van der Waals surface area contributed by atoms with E-state index in [-0.39, 0.29) is 23.9 Å². The molecule has 1 N–H and O–H groups in total. The predicted molar refractivity (Wildman–Crippen MR) is 85.9 cm³/mol. The number of H-pyrrole nitrogens is 1. The van der Waals surface area contributed by atoms with E-state index in [4.69, 9.17) is 9.47 Å². The molecule has 22 heavy (non-hydrogen) atoms. The van der Waals surface area contributed by atoms with Crippen LogP contribution in [0, 0.1) is 11.8 Å². The third-order valence-corrected chi connectivity index (χ3v) is 3.58. The highest BCUT2D eigenvalue weighted by Gasteiger charge is 2.15. The number of pyridine rings is 1. The van der Waals surface area contributed by atoms with Gasteiger partial charge in [-0.2, -0.15) is 0 Å². The third-order valence-electron chi connectivity index (χ3n) is 3.58. The van der Waals surface area contributed by atoms with Gasteiger partial charge in [0.25, 0.3) is 0 Å². The number of carbonyl (C=O) groups is 1. The average molecular weight is 309 g/mol. The fourth-order valence-corrected chi connectivity index (χ4v) is 1.99. The maximum absolute atomic E-state index is 11.9. The molecule has 0 atom stereocenters. The van der Waals surface area contributed by atoms with Gasteiger partial charge in [0.1, 0.15) is 6.61 Å². The highest BCUT2D eigenvalue weighted by atomic mass is 16.5. The summed E-state index contributed by atoms with van der Waals surface area (Å²) in [5.41, 5.74) is 0.372. The van der Waals surface area contributed by atoms with E-state index in [9.17, 15) is 9.59 Å². The van der Waals surface area contributed by atoms with Gasteiger partial charge in [0.2, 0.25) is 5.43 Å². The van der Waals surface area contributed by atoms with Crippen LogP contribution in [0.2, 0.25) is 0 Å². The van der Waals surface area contributed by atoms with E-state index in [2.05, 4.69) is 18.8 Å². The second-order valence-electron chi connectivity index (χ2n) is 5.84. The van der Waals surface area contributed by atoms with Gasteiger partial charge in [-0.3, -0.25) is 9.59 Å². The smallest absolute Gasteiger partial charge is 0.309 e. The van der Waals surface area contributed by atoms with Crippen molar-refractivity contribution >= 4 is 5.97 Å². The van der Waals surface area contributed by atoms with Crippen molar-refractivity contribution in [2.75, 3.05) is 6.61 Å². The minimum absolute atomic E-state index is 0.0784. The van der Waals surface area contributed by atoms with Crippen molar-refractivity contribution in [2.45, 2.75) is 53.6 Å². The number of rotatable bonds is 9. The number of nitrogens with one attached hydrogen (secondary N) is 1. The lowest BCUT2D eigenvalue weighted by Gasteiger charge is -2.12. The van der Waals surface area contributed by atoms with Gasteiger partial charge in [-0.15, -0.1) is 0 Å². The summed E-state index contributed by atoms with van der Waals surface area (Å²) in [5.74, 6) is 0.534. The molecule has 0 aliphatic rings. The van der Waals surface area contributed by atoms with Gasteiger partial charge >= 0.3 is 5.97 Å². The van der Waals surface area contributed by atoms with Crippen LogP contribution in [0.1, 0.15) is 52.7 Å². The van der Waals surface area contributed by atoms with E-state index in [1.807, 2.05) is 13.8 Å². The standard InChI is InChI=1S/C17H27NO4/c1-5-13(6-2)17(20)22-11-14-9-15(19)16(10-18-14)21-8-7-12(3)4/h9-10,12-13H,5-8,11H2,1-4H3,(H,18,19). The molecule has 0 bridgehead atoms. The highest BCUT2D eigenvalue weighted by Crippen LogP contribution is 2.11. The van der Waals surface area contributed by atoms with Crippen molar-refractivity contribution in [1.29, 1.82) is 0 Å². The summed E-state index contributed by atoms with van der Waals surface area (Å²) in [4.78, 5) is 26.7. The molecule has 5 heteroatoms. The molecular weight excluding hydrogens is 282 g/mol. The van der Waals surface area contributed by atoms with Crippen LogP contribution in [0.4, 0.5) is 0 Å². The number of hydrogen-bond acceptors (Lipinski definition) is 4. The summed E-state index contributed by atoms with van der Waals surface area (Å²) in [6.45, 7) is 8.72. The van der Waals surface area contributed by atoms with Gasteiger partial charge in [0.15, 0.2) is 5.75 Å². The Kier molecular flexibility index (Phi) is 7.71. The molecule has 1 rings (SSSR count). The zero-order valence-corrected chi connectivity index (χ0v) is 14.0. The molecule has 1 aromatic heterocycles. The number of ether oxygens (including phenoxy) is 2. The highest BCUT2D eigenvalue weighted by molar-refractivity contribution is 5.72. The molecule has 0 saturated carbocycles. The molecule has 0 aromatic carbocycles. The van der Waals surface area contributed by atoms with Gasteiger partial charge in [-0.25, -0.2) is 0 Å². The molecule has 0 saturated heterocycles. The number of hydrogen-bond donors (Lipinski definition) is 1. The topological polar surface area (TPSA) is 68.4 Å². The van der Waals surface area contributed by atoms with Crippen LogP contribution in [0.5, 0.6) is 5.75 Å². The summed E-state index contributed by atoms with van der Waals surface area (Å²) in [7, 11) is 0. The van der Waals surface area contributed by atoms with Crippen LogP contribution in [0.25, 0.3) is 0 Å². The van der Waals surface area contributed by atoms with E-state index in [0.717, 1.165) is 19.3 Å². The maximum atomic E-state index is 11.9. The van der Waals surface area contributed by atoms with Gasteiger partial charge in [-0.1, -0.05) is 27.7 Å². The fourth-order valence-electron chi connectivity index (χ4n) is 1.99. The Morgan fingerprint density at radius 2 is 1.95 bits per heavy atom.